The lowest BCUT2D eigenvalue weighted by Gasteiger charge is -2.26. The van der Waals surface area contributed by atoms with Crippen molar-refractivity contribution in [1.29, 1.82) is 0 Å². The summed E-state index contributed by atoms with van der Waals surface area (Å²) in [5.41, 5.74) is -0.834. The molecule has 0 aromatic heterocycles. The minimum absolute atomic E-state index is 0.285. The number of hydrogen-bond donors (Lipinski definition) is 3. The lowest BCUT2D eigenvalue weighted by Crippen LogP contribution is -2.28. The zero-order valence-electron chi connectivity index (χ0n) is 15.3. The van der Waals surface area contributed by atoms with Gasteiger partial charge >= 0.3 is 0 Å². The molecule has 0 radical (unpaired) electrons. The fourth-order valence-corrected chi connectivity index (χ4v) is 2.97. The molecule has 0 spiro atoms. The monoisotopic (exact) mass is 322 g/mol. The van der Waals surface area contributed by atoms with Gasteiger partial charge in [-0.2, -0.15) is 0 Å². The van der Waals surface area contributed by atoms with Gasteiger partial charge in [0.15, 0.2) is 0 Å². The Morgan fingerprint density at radius 2 is 1.78 bits per heavy atom. The number of allylic oxidation sites excluding steroid dienone is 3. The Hall–Kier alpha value is -0.900. The fourth-order valence-electron chi connectivity index (χ4n) is 2.97. The van der Waals surface area contributed by atoms with E-state index >= 15 is 0 Å². The van der Waals surface area contributed by atoms with Gasteiger partial charge in [-0.25, -0.2) is 0 Å². The van der Waals surface area contributed by atoms with Crippen LogP contribution in [0.1, 0.15) is 60.3 Å². The van der Waals surface area contributed by atoms with Crippen LogP contribution in [0.3, 0.4) is 0 Å². The molecule has 0 aromatic carbocycles. The Morgan fingerprint density at radius 3 is 2.39 bits per heavy atom. The zero-order valence-corrected chi connectivity index (χ0v) is 15.3. The first kappa shape index (κ1) is 20.1. The van der Waals surface area contributed by atoms with Crippen LogP contribution in [0.15, 0.2) is 36.0 Å². The van der Waals surface area contributed by atoms with Crippen LogP contribution >= 0.6 is 0 Å². The van der Waals surface area contributed by atoms with Crippen molar-refractivity contribution in [1.82, 2.24) is 0 Å². The van der Waals surface area contributed by atoms with Gasteiger partial charge in [0.1, 0.15) is 0 Å². The van der Waals surface area contributed by atoms with E-state index in [2.05, 4.69) is 13.8 Å². The minimum atomic E-state index is -1.04. The lowest BCUT2D eigenvalue weighted by atomic mass is 9.84. The van der Waals surface area contributed by atoms with Crippen LogP contribution in [0.25, 0.3) is 0 Å². The molecule has 0 aliphatic heterocycles. The van der Waals surface area contributed by atoms with Crippen molar-refractivity contribution in [2.75, 3.05) is 0 Å². The molecule has 3 heteroatoms. The van der Waals surface area contributed by atoms with E-state index in [9.17, 15) is 15.3 Å². The van der Waals surface area contributed by atoms with Crippen LogP contribution in [-0.4, -0.2) is 32.6 Å². The minimum Gasteiger partial charge on any atom is -0.389 e. The molecule has 4 atom stereocenters. The Morgan fingerprint density at radius 1 is 1.13 bits per heavy atom. The molecule has 1 aliphatic carbocycles. The van der Waals surface area contributed by atoms with Crippen molar-refractivity contribution in [3.8, 4) is 0 Å². The maximum atomic E-state index is 10.5. The first-order valence-corrected chi connectivity index (χ1v) is 8.68. The standard InChI is InChI=1S/C20H34O3/c1-15(2)17-8-11-19(4,22)10-6-7-16(3)13-18(21)14-20(5,23)12-9-17/h6,9-10,12-13,15,17-18,21-23H,7-8,11,14H2,1-5H3/b10-6+,12-9+,16-13+/t17-,18+,19-,20+/m1/s1. The molecule has 132 valence electrons. The van der Waals surface area contributed by atoms with Crippen LogP contribution in [0.4, 0.5) is 0 Å². The Balaban J connectivity index is 3.06. The number of aliphatic hydroxyl groups excluding tert-OH is 1. The summed E-state index contributed by atoms with van der Waals surface area (Å²) in [7, 11) is 0. The number of hydrogen-bond acceptors (Lipinski definition) is 3. The Kier molecular flexibility index (Phi) is 7.25. The van der Waals surface area contributed by atoms with Gasteiger partial charge in [0, 0.05) is 6.42 Å². The highest BCUT2D eigenvalue weighted by Gasteiger charge is 2.24. The molecule has 0 unspecified atom stereocenters. The summed E-state index contributed by atoms with van der Waals surface area (Å²) in [4.78, 5) is 0. The molecule has 1 rings (SSSR count). The first-order valence-electron chi connectivity index (χ1n) is 8.68. The van der Waals surface area contributed by atoms with E-state index in [1.807, 2.05) is 32.1 Å². The van der Waals surface area contributed by atoms with Gasteiger partial charge < -0.3 is 15.3 Å². The lowest BCUT2D eigenvalue weighted by molar-refractivity contribution is 0.0563. The summed E-state index contributed by atoms with van der Waals surface area (Å²) in [6.07, 6.45) is 11.3. The highest BCUT2D eigenvalue weighted by molar-refractivity contribution is 5.12. The van der Waals surface area contributed by atoms with Crippen molar-refractivity contribution in [3.05, 3.63) is 36.0 Å². The largest absolute Gasteiger partial charge is 0.389 e. The summed E-state index contributed by atoms with van der Waals surface area (Å²) in [5.74, 6) is 0.723. The van der Waals surface area contributed by atoms with Crippen LogP contribution in [0, 0.1) is 11.8 Å². The van der Waals surface area contributed by atoms with Crippen molar-refractivity contribution >= 4 is 0 Å². The van der Waals surface area contributed by atoms with Crippen LogP contribution in [-0.2, 0) is 0 Å². The Labute approximate surface area is 141 Å². The molecule has 3 nitrogen and oxygen atoms in total. The number of aliphatic hydroxyl groups is 3. The van der Waals surface area contributed by atoms with E-state index in [1.54, 1.807) is 19.1 Å². The molecule has 0 saturated heterocycles. The third-order valence-corrected chi connectivity index (χ3v) is 4.56. The molecule has 0 amide bonds. The van der Waals surface area contributed by atoms with Crippen LogP contribution in [0.5, 0.6) is 0 Å². The molecule has 3 N–H and O–H groups in total. The van der Waals surface area contributed by atoms with Gasteiger partial charge in [-0.1, -0.05) is 49.8 Å². The third-order valence-electron chi connectivity index (χ3n) is 4.56. The average Bonchev–Trinajstić information content (AvgIpc) is 2.35. The maximum absolute atomic E-state index is 10.5. The molecular weight excluding hydrogens is 288 g/mol. The third kappa shape index (κ3) is 7.96. The second kappa shape index (κ2) is 8.27. The van der Waals surface area contributed by atoms with Gasteiger partial charge in [0.05, 0.1) is 17.3 Å². The van der Waals surface area contributed by atoms with Gasteiger partial charge in [0.25, 0.3) is 0 Å². The summed E-state index contributed by atoms with van der Waals surface area (Å²) >= 11 is 0. The summed E-state index contributed by atoms with van der Waals surface area (Å²) in [6, 6.07) is 0. The van der Waals surface area contributed by atoms with Gasteiger partial charge in [-0.3, -0.25) is 0 Å². The van der Waals surface area contributed by atoms with E-state index < -0.39 is 17.3 Å². The van der Waals surface area contributed by atoms with Crippen molar-refractivity contribution in [2.24, 2.45) is 11.8 Å². The fraction of sp³-hybridized carbons (Fsp3) is 0.700. The Bertz CT molecular complexity index is 456. The number of rotatable bonds is 1. The molecule has 0 fully saturated rings. The SMILES string of the molecule is C/C1=C\[C@H](O)C[C@@](C)(O)/C=C/[C@H](C(C)C)CC[C@](C)(O)/C=C/C1. The molecule has 0 aromatic rings. The summed E-state index contributed by atoms with van der Waals surface area (Å²) < 4.78 is 0. The second-order valence-corrected chi connectivity index (χ2v) is 7.91. The van der Waals surface area contributed by atoms with Crippen molar-refractivity contribution in [3.63, 3.8) is 0 Å². The van der Waals surface area contributed by atoms with Gasteiger partial charge in [0.2, 0.25) is 0 Å². The van der Waals surface area contributed by atoms with Crippen molar-refractivity contribution in [2.45, 2.75) is 77.6 Å². The highest BCUT2D eigenvalue weighted by atomic mass is 16.3. The summed E-state index contributed by atoms with van der Waals surface area (Å²) in [5, 5.41) is 31.2. The van der Waals surface area contributed by atoms with E-state index in [4.69, 9.17) is 0 Å². The summed E-state index contributed by atoms with van der Waals surface area (Å²) in [6.45, 7) is 9.82. The molecule has 0 bridgehead atoms. The predicted octanol–water partition coefficient (Wildman–Crippen LogP) is 3.75. The zero-order chi connectivity index (χ0) is 17.7. The average molecular weight is 322 g/mol. The molecule has 0 saturated carbocycles. The molecule has 1 aliphatic rings. The van der Waals surface area contributed by atoms with Crippen molar-refractivity contribution < 1.29 is 15.3 Å². The van der Waals surface area contributed by atoms with Crippen LogP contribution < -0.4 is 0 Å². The van der Waals surface area contributed by atoms with Gasteiger partial charge in [-0.15, -0.1) is 0 Å². The maximum Gasteiger partial charge on any atom is 0.0827 e. The molecule has 0 heterocycles. The van der Waals surface area contributed by atoms with Crippen LogP contribution in [0.2, 0.25) is 0 Å². The van der Waals surface area contributed by atoms with E-state index in [1.165, 1.54) is 0 Å². The first-order chi connectivity index (χ1) is 10.5. The normalized spacial score (nSPS) is 42.6. The smallest absolute Gasteiger partial charge is 0.0827 e. The van der Waals surface area contributed by atoms with E-state index in [-0.39, 0.29) is 6.42 Å². The van der Waals surface area contributed by atoms with E-state index in [0.29, 0.717) is 24.7 Å². The topological polar surface area (TPSA) is 60.7 Å². The second-order valence-electron chi connectivity index (χ2n) is 7.91. The molecule has 23 heavy (non-hydrogen) atoms. The predicted molar refractivity (Wildman–Crippen MR) is 96.1 cm³/mol. The quantitative estimate of drug-likeness (QED) is 0.644. The van der Waals surface area contributed by atoms with Gasteiger partial charge in [-0.05, 0) is 51.9 Å². The van der Waals surface area contributed by atoms with E-state index in [0.717, 1.165) is 12.0 Å². The molecular formula is C20H34O3. The highest BCUT2D eigenvalue weighted by Crippen LogP contribution is 2.27.